The van der Waals surface area contributed by atoms with Gasteiger partial charge in [0.1, 0.15) is 42.0 Å². The van der Waals surface area contributed by atoms with Crippen LogP contribution in [-0.4, -0.2) is 155 Å². The van der Waals surface area contributed by atoms with Crippen molar-refractivity contribution in [3.63, 3.8) is 0 Å². The van der Waals surface area contributed by atoms with Gasteiger partial charge >= 0.3 is 0 Å². The Morgan fingerprint density at radius 1 is 0.788 bits per heavy atom. The lowest BCUT2D eigenvalue weighted by atomic mass is 9.96. The molecule has 1 aliphatic heterocycles. The summed E-state index contributed by atoms with van der Waals surface area (Å²) in [6, 6.07) is -3.90. The number of likely N-dealkylation sites (N-methyl/N-ethyl adjacent to an activating group) is 1. The van der Waals surface area contributed by atoms with Crippen molar-refractivity contribution in [3.05, 3.63) is 29.8 Å². The second-order valence-corrected chi connectivity index (χ2v) is 15.7. The smallest absolute Gasteiger partial charge is 0.245 e. The molecule has 0 spiro atoms. The molecule has 8 atom stereocenters. The van der Waals surface area contributed by atoms with E-state index in [1.54, 1.807) is 13.8 Å². The molecule has 1 heterocycles. The Balaban J connectivity index is 2.59. The number of nitrogens with two attached hydrogens (primary N) is 3. The highest BCUT2D eigenvalue weighted by atomic mass is 16.3. The van der Waals surface area contributed by atoms with E-state index in [0.717, 1.165) is 18.9 Å². The number of nitrogens with one attached hydrogen (secondary N) is 8. The van der Waals surface area contributed by atoms with Gasteiger partial charge in [-0.2, -0.15) is 0 Å². The van der Waals surface area contributed by atoms with E-state index in [9.17, 15) is 67.7 Å². The number of primary amides is 3. The van der Waals surface area contributed by atoms with E-state index in [4.69, 9.17) is 17.2 Å². The third-order valence-corrected chi connectivity index (χ3v) is 10.2. The van der Waals surface area contributed by atoms with Crippen LogP contribution in [0, 0.1) is 5.92 Å². The lowest BCUT2D eigenvalue weighted by Crippen LogP contribution is -2.61. The molecule has 2 rings (SSSR count). The van der Waals surface area contributed by atoms with Gasteiger partial charge in [0.15, 0.2) is 0 Å². The molecule has 26 nitrogen and oxygen atoms in total. The van der Waals surface area contributed by atoms with E-state index in [2.05, 4.69) is 42.5 Å². The van der Waals surface area contributed by atoms with Crippen molar-refractivity contribution in [3.8, 4) is 5.75 Å². The predicted octanol–water partition coefficient (Wildman–Crippen LogP) is -6.62. The summed E-state index contributed by atoms with van der Waals surface area (Å²) in [4.78, 5) is 157. The minimum Gasteiger partial charge on any atom is -0.508 e. The minimum atomic E-state index is -1.86. The molecule has 1 aliphatic rings. The number of carbonyl (C=O) groups excluding carboxylic acids is 12. The molecule has 1 aromatic rings. The summed E-state index contributed by atoms with van der Waals surface area (Å²) < 4.78 is 0. The number of aromatic hydroxyl groups is 1. The maximum atomic E-state index is 13.9. The van der Waals surface area contributed by atoms with Crippen LogP contribution in [0.25, 0.3) is 0 Å². The summed E-state index contributed by atoms with van der Waals surface area (Å²) >= 11 is 0. The summed E-state index contributed by atoms with van der Waals surface area (Å²) in [6.45, 7) is 2.34. The molecular weight excluding hydrogens is 873 g/mol. The second kappa shape index (κ2) is 26.4. The Morgan fingerprint density at radius 2 is 1.39 bits per heavy atom. The Labute approximate surface area is 379 Å². The molecule has 12 amide bonds. The number of aliphatic hydroxyl groups is 1. The van der Waals surface area contributed by atoms with Gasteiger partial charge in [0, 0.05) is 26.3 Å². The number of rotatable bonds is 17. The van der Waals surface area contributed by atoms with Gasteiger partial charge in [-0.25, -0.2) is 0 Å². The van der Waals surface area contributed by atoms with Crippen LogP contribution in [0.2, 0.25) is 0 Å². The van der Waals surface area contributed by atoms with Gasteiger partial charge in [-0.3, -0.25) is 57.5 Å². The van der Waals surface area contributed by atoms with E-state index in [1.807, 2.05) is 0 Å². The summed E-state index contributed by atoms with van der Waals surface area (Å²) in [5, 5.41) is 38.7. The number of phenols is 1. The molecule has 0 saturated carbocycles. The highest BCUT2D eigenvalue weighted by Gasteiger charge is 2.36. The third kappa shape index (κ3) is 18.8. The van der Waals surface area contributed by atoms with Crippen LogP contribution in [0.5, 0.6) is 5.75 Å². The fraction of sp³-hybridized carbons (Fsp3) is 0.550. The van der Waals surface area contributed by atoms with Crippen LogP contribution in [0.1, 0.15) is 64.9 Å². The number of aliphatic hydroxyl groups excluding tert-OH is 1. The van der Waals surface area contributed by atoms with Crippen molar-refractivity contribution in [1.82, 2.24) is 47.4 Å². The van der Waals surface area contributed by atoms with E-state index >= 15 is 0 Å². The summed E-state index contributed by atoms with van der Waals surface area (Å²) in [7, 11) is 1.10. The van der Waals surface area contributed by atoms with Gasteiger partial charge in [-0.15, -0.1) is 0 Å². The quantitative estimate of drug-likeness (QED) is 0.0691. The predicted molar refractivity (Wildman–Crippen MR) is 229 cm³/mol. The first-order valence-electron chi connectivity index (χ1n) is 20.8. The van der Waals surface area contributed by atoms with Crippen molar-refractivity contribution >= 4 is 70.9 Å². The normalized spacial score (nSPS) is 21.6. The summed E-state index contributed by atoms with van der Waals surface area (Å²) in [5.41, 5.74) is 16.3. The average Bonchev–Trinajstić information content (AvgIpc) is 3.24. The fourth-order valence-electron chi connectivity index (χ4n) is 6.32. The molecule has 66 heavy (non-hydrogen) atoms. The molecule has 1 fully saturated rings. The molecule has 1 saturated heterocycles. The van der Waals surface area contributed by atoms with E-state index < -0.39 is 171 Å². The lowest BCUT2D eigenvalue weighted by Gasteiger charge is -2.29. The Kier molecular flexibility index (Phi) is 21.9. The SMILES string of the molecule is CCC(C)C1NC(=O)[C@H](Cc2ccc(O)cc2)NC(=O)CNC(=O)CC[C@@H](C(=O)N(C)CC(=O)N[C@H](C(=O)NCC(N)=O)[C@H](C)O)NC(=O)[C@H](CC(N)=O)NC(=O)[C@H](CCC(N)=O)NC1=O. The first-order valence-corrected chi connectivity index (χ1v) is 20.8. The molecule has 1 aromatic carbocycles. The molecule has 0 radical (unpaired) electrons. The van der Waals surface area contributed by atoms with Gasteiger partial charge < -0.3 is 74.8 Å². The van der Waals surface area contributed by atoms with Gasteiger partial charge in [-0.05, 0) is 43.4 Å². The largest absolute Gasteiger partial charge is 0.508 e. The van der Waals surface area contributed by atoms with Crippen molar-refractivity contribution in [2.24, 2.45) is 23.1 Å². The number of hydrogen-bond acceptors (Lipinski definition) is 14. The Morgan fingerprint density at radius 3 is 1.97 bits per heavy atom. The number of nitrogens with zero attached hydrogens (tertiary/aromatic N) is 1. The third-order valence-electron chi connectivity index (χ3n) is 10.2. The number of carbonyl (C=O) groups is 12. The standard InChI is InChI=1S/C40H60N12O14/c1-5-19(2)33-39(65)47-23(10-12-27(41)55)35(61)49-26(15-28(42)56)36(62)48-24(40(66)52(4)18-32(60)50-34(20(3)53)38(64)45-16-29(43)57)11-13-30(58)44-17-31(59)46-25(37(63)51-33)14-21-6-8-22(54)9-7-21/h6-9,19-20,23-26,33-34,53-54H,5,10-18H2,1-4H3,(H2,41,55)(H2,42,56)(H2,43,57)(H,44,58)(H,45,64)(H,46,59)(H,47,65)(H,48,62)(H,49,61)(H,50,60)(H,51,63)/t19?,20-,23-,24-,25-,26-,33?,34-/m0/s1. The maximum absolute atomic E-state index is 13.9. The molecule has 26 heteroatoms. The van der Waals surface area contributed by atoms with Gasteiger partial charge in [-0.1, -0.05) is 32.4 Å². The van der Waals surface area contributed by atoms with E-state index in [0.29, 0.717) is 12.0 Å². The van der Waals surface area contributed by atoms with Crippen molar-refractivity contribution in [2.75, 3.05) is 26.7 Å². The van der Waals surface area contributed by atoms with Gasteiger partial charge in [0.2, 0.25) is 70.9 Å². The number of phenolic OH excluding ortho intramolecular Hbond substituents is 1. The first-order chi connectivity index (χ1) is 30.9. The molecule has 0 bridgehead atoms. The van der Waals surface area contributed by atoms with Crippen molar-refractivity contribution in [2.45, 2.75) is 108 Å². The average molecular weight is 933 g/mol. The zero-order valence-electron chi connectivity index (χ0n) is 37.0. The fourth-order valence-corrected chi connectivity index (χ4v) is 6.32. The van der Waals surface area contributed by atoms with E-state index in [-0.39, 0.29) is 12.2 Å². The summed E-state index contributed by atoms with van der Waals surface area (Å²) in [5.74, 6) is -12.5. The summed E-state index contributed by atoms with van der Waals surface area (Å²) in [6.07, 6.45) is -4.26. The number of benzene rings is 1. The molecule has 2 unspecified atom stereocenters. The first kappa shape index (κ1) is 54.8. The van der Waals surface area contributed by atoms with Crippen LogP contribution < -0.4 is 59.7 Å². The molecule has 0 aliphatic carbocycles. The molecular formula is C40H60N12O14. The topological polar surface area (TPSA) is 423 Å². The maximum Gasteiger partial charge on any atom is 0.245 e. The second-order valence-electron chi connectivity index (χ2n) is 15.7. The van der Waals surface area contributed by atoms with Crippen LogP contribution >= 0.6 is 0 Å². The Hall–Kier alpha value is -7.38. The van der Waals surface area contributed by atoms with Gasteiger partial charge in [0.05, 0.1) is 32.2 Å². The molecule has 364 valence electrons. The van der Waals surface area contributed by atoms with Crippen molar-refractivity contribution in [1.29, 1.82) is 0 Å². The zero-order chi connectivity index (χ0) is 49.8. The zero-order valence-corrected chi connectivity index (χ0v) is 37.0. The van der Waals surface area contributed by atoms with Crippen LogP contribution in [0.3, 0.4) is 0 Å². The van der Waals surface area contributed by atoms with E-state index in [1.165, 1.54) is 24.3 Å². The van der Waals surface area contributed by atoms with Crippen LogP contribution in [-0.2, 0) is 64.0 Å². The number of hydrogen-bond donors (Lipinski definition) is 13. The lowest BCUT2D eigenvalue weighted by molar-refractivity contribution is -0.140. The van der Waals surface area contributed by atoms with Crippen molar-refractivity contribution < 1.29 is 67.7 Å². The van der Waals surface area contributed by atoms with Gasteiger partial charge in [0.25, 0.3) is 0 Å². The van der Waals surface area contributed by atoms with Crippen LogP contribution in [0.15, 0.2) is 24.3 Å². The number of amides is 12. The molecule has 0 aromatic heterocycles. The minimum absolute atomic E-state index is 0.0808. The molecule has 16 N–H and O–H groups in total. The monoisotopic (exact) mass is 932 g/mol. The Bertz CT molecular complexity index is 1980. The van der Waals surface area contributed by atoms with Crippen LogP contribution in [0.4, 0.5) is 0 Å². The highest BCUT2D eigenvalue weighted by molar-refractivity contribution is 5.99. The highest BCUT2D eigenvalue weighted by Crippen LogP contribution is 2.14.